The van der Waals surface area contributed by atoms with Crippen molar-refractivity contribution in [1.82, 2.24) is 0 Å². The first-order chi connectivity index (χ1) is 7.65. The average molecular weight is 236 g/mol. The van der Waals surface area contributed by atoms with Crippen LogP contribution in [0, 0.1) is 0 Å². The molecule has 0 aliphatic carbocycles. The van der Waals surface area contributed by atoms with Crippen molar-refractivity contribution in [2.24, 2.45) is 5.73 Å². The molecule has 16 heavy (non-hydrogen) atoms. The normalized spacial score (nSPS) is 12.7. The van der Waals surface area contributed by atoms with Crippen LogP contribution >= 0.6 is 11.6 Å². The minimum Gasteiger partial charge on any atom is -0.461 e. The van der Waals surface area contributed by atoms with E-state index >= 15 is 0 Å². The number of benzene rings is 1. The second-order valence-electron chi connectivity index (χ2n) is 3.96. The fourth-order valence-corrected chi connectivity index (χ4v) is 1.79. The highest BCUT2D eigenvalue weighted by Crippen LogP contribution is 2.25. The minimum atomic E-state index is 0.110. The summed E-state index contributed by atoms with van der Waals surface area (Å²) in [5, 5.41) is 0.711. The van der Waals surface area contributed by atoms with Crippen LogP contribution in [0.15, 0.2) is 40.8 Å². The fourth-order valence-electron chi connectivity index (χ4n) is 1.60. The highest BCUT2D eigenvalue weighted by Gasteiger charge is 2.06. The van der Waals surface area contributed by atoms with Crippen LogP contribution in [-0.4, -0.2) is 6.04 Å². The summed E-state index contributed by atoms with van der Waals surface area (Å²) < 4.78 is 5.70. The first kappa shape index (κ1) is 11.2. The van der Waals surface area contributed by atoms with E-state index in [4.69, 9.17) is 21.8 Å². The largest absolute Gasteiger partial charge is 0.461 e. The van der Waals surface area contributed by atoms with E-state index in [9.17, 15) is 0 Å². The maximum atomic E-state index is 5.92. The van der Waals surface area contributed by atoms with Gasteiger partial charge >= 0.3 is 0 Å². The monoisotopic (exact) mass is 235 g/mol. The van der Waals surface area contributed by atoms with Gasteiger partial charge in [0.15, 0.2) is 0 Å². The Hall–Kier alpha value is -1.25. The molecule has 0 radical (unpaired) electrons. The summed E-state index contributed by atoms with van der Waals surface area (Å²) in [6.07, 6.45) is 0.751. The van der Waals surface area contributed by atoms with Crippen LogP contribution in [0.2, 0.25) is 5.02 Å². The number of hydrogen-bond acceptors (Lipinski definition) is 2. The molecule has 1 aromatic heterocycles. The third-order valence-electron chi connectivity index (χ3n) is 2.29. The zero-order valence-electron chi connectivity index (χ0n) is 9.11. The number of furan rings is 1. The molecule has 0 spiro atoms. The molecular weight excluding hydrogens is 222 g/mol. The molecule has 0 saturated carbocycles. The van der Waals surface area contributed by atoms with E-state index in [1.807, 2.05) is 43.3 Å². The number of halogens is 1. The molecule has 0 aliphatic rings. The summed E-state index contributed by atoms with van der Waals surface area (Å²) in [7, 11) is 0. The lowest BCUT2D eigenvalue weighted by molar-refractivity contribution is 0.503. The predicted molar refractivity (Wildman–Crippen MR) is 66.5 cm³/mol. The van der Waals surface area contributed by atoms with Gasteiger partial charge in [0.1, 0.15) is 11.5 Å². The lowest BCUT2D eigenvalue weighted by Crippen LogP contribution is -2.17. The van der Waals surface area contributed by atoms with Crippen LogP contribution in [0.3, 0.4) is 0 Å². The molecule has 0 aliphatic heterocycles. The summed E-state index contributed by atoms with van der Waals surface area (Å²) in [5.74, 6) is 1.74. The van der Waals surface area contributed by atoms with Crippen molar-refractivity contribution < 1.29 is 4.42 Å². The molecule has 1 unspecified atom stereocenters. The molecule has 84 valence electrons. The van der Waals surface area contributed by atoms with Crippen LogP contribution in [0.25, 0.3) is 11.3 Å². The topological polar surface area (TPSA) is 39.2 Å². The molecule has 2 rings (SSSR count). The molecule has 1 aromatic carbocycles. The van der Waals surface area contributed by atoms with Crippen LogP contribution in [0.1, 0.15) is 12.7 Å². The van der Waals surface area contributed by atoms with E-state index < -0.39 is 0 Å². The van der Waals surface area contributed by atoms with Crippen LogP contribution < -0.4 is 5.73 Å². The van der Waals surface area contributed by atoms with Crippen molar-refractivity contribution in [2.45, 2.75) is 19.4 Å². The molecule has 2 nitrogen and oxygen atoms in total. The summed E-state index contributed by atoms with van der Waals surface area (Å²) in [4.78, 5) is 0. The Kier molecular flexibility index (Phi) is 3.32. The Bertz CT molecular complexity index is 476. The summed E-state index contributed by atoms with van der Waals surface area (Å²) in [6.45, 7) is 1.96. The summed E-state index contributed by atoms with van der Waals surface area (Å²) in [5.41, 5.74) is 6.70. The second-order valence-corrected chi connectivity index (χ2v) is 4.39. The Morgan fingerprint density at radius 1 is 1.31 bits per heavy atom. The van der Waals surface area contributed by atoms with Gasteiger partial charge in [0.2, 0.25) is 0 Å². The van der Waals surface area contributed by atoms with Crippen molar-refractivity contribution in [3.8, 4) is 11.3 Å². The van der Waals surface area contributed by atoms with Crippen LogP contribution in [-0.2, 0) is 6.42 Å². The standard InChI is InChI=1S/C13H14ClNO/c1-9(15)7-12-5-6-13(16-12)10-3-2-4-11(14)8-10/h2-6,8-9H,7,15H2,1H3. The molecule has 1 heterocycles. The van der Waals surface area contributed by atoms with Gasteiger partial charge in [-0.15, -0.1) is 0 Å². The number of rotatable bonds is 3. The van der Waals surface area contributed by atoms with Gasteiger partial charge in [0, 0.05) is 23.0 Å². The van der Waals surface area contributed by atoms with Crippen LogP contribution in [0.4, 0.5) is 0 Å². The van der Waals surface area contributed by atoms with Crippen molar-refractivity contribution in [2.75, 3.05) is 0 Å². The summed E-state index contributed by atoms with van der Waals surface area (Å²) >= 11 is 5.92. The Labute approximate surface area is 100 Å². The maximum Gasteiger partial charge on any atom is 0.134 e. The van der Waals surface area contributed by atoms with Gasteiger partial charge in [-0.2, -0.15) is 0 Å². The summed E-state index contributed by atoms with van der Waals surface area (Å²) in [6, 6.07) is 11.6. The Morgan fingerprint density at radius 2 is 2.12 bits per heavy atom. The average Bonchev–Trinajstić information content (AvgIpc) is 2.65. The van der Waals surface area contributed by atoms with Gasteiger partial charge in [-0.3, -0.25) is 0 Å². The van der Waals surface area contributed by atoms with Gasteiger partial charge in [-0.1, -0.05) is 23.7 Å². The Morgan fingerprint density at radius 3 is 2.81 bits per heavy atom. The van der Waals surface area contributed by atoms with E-state index in [1.165, 1.54) is 0 Å². The van der Waals surface area contributed by atoms with Crippen molar-refractivity contribution in [1.29, 1.82) is 0 Å². The van der Waals surface area contributed by atoms with Crippen molar-refractivity contribution in [3.63, 3.8) is 0 Å². The number of hydrogen-bond donors (Lipinski definition) is 1. The first-order valence-corrected chi connectivity index (χ1v) is 5.63. The SMILES string of the molecule is CC(N)Cc1ccc(-c2cccc(Cl)c2)o1. The maximum absolute atomic E-state index is 5.92. The molecule has 0 fully saturated rings. The zero-order chi connectivity index (χ0) is 11.5. The van der Waals surface area contributed by atoms with E-state index in [0.29, 0.717) is 5.02 Å². The lowest BCUT2D eigenvalue weighted by atomic mass is 10.2. The molecular formula is C13H14ClNO. The van der Waals surface area contributed by atoms with E-state index in [0.717, 1.165) is 23.5 Å². The molecule has 2 aromatic rings. The van der Waals surface area contributed by atoms with Gasteiger partial charge in [0.25, 0.3) is 0 Å². The molecule has 0 bridgehead atoms. The lowest BCUT2D eigenvalue weighted by Gasteiger charge is -2.01. The Balaban J connectivity index is 2.24. The molecule has 0 saturated heterocycles. The highest BCUT2D eigenvalue weighted by molar-refractivity contribution is 6.30. The van der Waals surface area contributed by atoms with Crippen molar-refractivity contribution in [3.05, 3.63) is 47.2 Å². The van der Waals surface area contributed by atoms with Gasteiger partial charge in [-0.25, -0.2) is 0 Å². The number of nitrogens with two attached hydrogens (primary N) is 1. The molecule has 1 atom stereocenters. The minimum absolute atomic E-state index is 0.110. The smallest absolute Gasteiger partial charge is 0.134 e. The van der Waals surface area contributed by atoms with Gasteiger partial charge in [0.05, 0.1) is 0 Å². The fraction of sp³-hybridized carbons (Fsp3) is 0.231. The third-order valence-corrected chi connectivity index (χ3v) is 2.53. The first-order valence-electron chi connectivity index (χ1n) is 5.25. The molecule has 0 amide bonds. The third kappa shape index (κ3) is 2.65. The van der Waals surface area contributed by atoms with Gasteiger partial charge in [-0.05, 0) is 31.2 Å². The van der Waals surface area contributed by atoms with Gasteiger partial charge < -0.3 is 10.2 Å². The zero-order valence-corrected chi connectivity index (χ0v) is 9.87. The second kappa shape index (κ2) is 4.73. The van der Waals surface area contributed by atoms with E-state index in [-0.39, 0.29) is 6.04 Å². The highest BCUT2D eigenvalue weighted by atomic mass is 35.5. The van der Waals surface area contributed by atoms with E-state index in [2.05, 4.69) is 0 Å². The predicted octanol–water partition coefficient (Wildman–Crippen LogP) is 3.49. The van der Waals surface area contributed by atoms with Crippen molar-refractivity contribution >= 4 is 11.6 Å². The van der Waals surface area contributed by atoms with Crippen LogP contribution in [0.5, 0.6) is 0 Å². The molecule has 3 heteroatoms. The quantitative estimate of drug-likeness (QED) is 0.885. The molecule has 2 N–H and O–H groups in total. The van der Waals surface area contributed by atoms with E-state index in [1.54, 1.807) is 0 Å².